The van der Waals surface area contributed by atoms with Crippen molar-refractivity contribution in [1.82, 2.24) is 29.1 Å². The molecule has 0 saturated carbocycles. The molecule has 0 bridgehead atoms. The van der Waals surface area contributed by atoms with Crippen LogP contribution in [-0.4, -0.2) is 50.6 Å². The maximum Gasteiger partial charge on any atom is 0.246 e. The van der Waals surface area contributed by atoms with Gasteiger partial charge in [0.15, 0.2) is 5.65 Å². The van der Waals surface area contributed by atoms with E-state index in [-0.39, 0.29) is 5.92 Å². The van der Waals surface area contributed by atoms with Gasteiger partial charge in [0.1, 0.15) is 10.7 Å². The summed E-state index contributed by atoms with van der Waals surface area (Å²) in [5.74, 6) is 0.838. The van der Waals surface area contributed by atoms with Gasteiger partial charge in [-0.25, -0.2) is 8.42 Å². The lowest BCUT2D eigenvalue weighted by Gasteiger charge is -2.31. The van der Waals surface area contributed by atoms with Gasteiger partial charge in [-0.15, -0.1) is 10.2 Å². The smallest absolute Gasteiger partial charge is 0.246 e. The Morgan fingerprint density at radius 3 is 2.84 bits per heavy atom. The Balaban J connectivity index is 1.67. The number of aromatic nitrogens is 5. The van der Waals surface area contributed by atoms with Crippen LogP contribution in [0.1, 0.15) is 36.0 Å². The molecule has 1 aliphatic rings. The molecule has 0 radical (unpaired) electrons. The number of aromatic amines is 1. The predicted octanol–water partition coefficient (Wildman–Crippen LogP) is 1.64. The number of pyridine rings is 1. The van der Waals surface area contributed by atoms with E-state index in [4.69, 9.17) is 0 Å². The lowest BCUT2D eigenvalue weighted by molar-refractivity contribution is 0.308. The molecule has 1 saturated heterocycles. The summed E-state index contributed by atoms with van der Waals surface area (Å²) in [5, 5.41) is 15.3. The fraction of sp³-hybridized carbons (Fsp3) is 0.438. The molecule has 3 aromatic rings. The van der Waals surface area contributed by atoms with E-state index in [9.17, 15) is 8.42 Å². The van der Waals surface area contributed by atoms with Gasteiger partial charge in [0, 0.05) is 25.2 Å². The lowest BCUT2D eigenvalue weighted by atomic mass is 9.99. The van der Waals surface area contributed by atoms with E-state index in [0.29, 0.717) is 29.4 Å². The van der Waals surface area contributed by atoms with Crippen molar-refractivity contribution in [3.05, 3.63) is 41.6 Å². The number of aryl methyl sites for hydroxylation is 2. The van der Waals surface area contributed by atoms with Crippen molar-refractivity contribution in [2.75, 3.05) is 13.1 Å². The second kappa shape index (κ2) is 5.92. The van der Waals surface area contributed by atoms with Crippen molar-refractivity contribution >= 4 is 15.7 Å². The highest BCUT2D eigenvalue weighted by molar-refractivity contribution is 7.89. The molecule has 9 heteroatoms. The summed E-state index contributed by atoms with van der Waals surface area (Å²) < 4.78 is 29.7. The third-order valence-corrected chi connectivity index (χ3v) is 6.88. The number of nitrogens with one attached hydrogen (secondary N) is 1. The molecule has 0 aliphatic carbocycles. The third-order valence-electron chi connectivity index (χ3n) is 4.75. The van der Waals surface area contributed by atoms with E-state index in [2.05, 4.69) is 20.4 Å². The largest absolute Gasteiger partial charge is 0.286 e. The number of hydrogen-bond acceptors (Lipinski definition) is 5. The first-order valence-corrected chi connectivity index (χ1v) is 9.74. The number of fused-ring (bicyclic) bond motifs is 1. The minimum absolute atomic E-state index is 0.0217. The first kappa shape index (κ1) is 16.2. The van der Waals surface area contributed by atoms with Crippen molar-refractivity contribution < 1.29 is 8.42 Å². The molecular weight excluding hydrogens is 340 g/mol. The molecule has 1 atom stereocenters. The third kappa shape index (κ3) is 2.63. The maximum atomic E-state index is 13.1. The number of nitrogens with zero attached hydrogens (tertiary/aromatic N) is 5. The molecule has 0 spiro atoms. The molecule has 1 fully saturated rings. The molecule has 4 heterocycles. The number of sulfonamides is 1. The van der Waals surface area contributed by atoms with E-state index < -0.39 is 10.0 Å². The second-order valence-corrected chi connectivity index (χ2v) is 8.33. The summed E-state index contributed by atoms with van der Waals surface area (Å²) in [6, 6.07) is 5.73. The van der Waals surface area contributed by atoms with Gasteiger partial charge < -0.3 is 0 Å². The zero-order chi connectivity index (χ0) is 17.6. The van der Waals surface area contributed by atoms with Crippen LogP contribution in [-0.2, 0) is 10.0 Å². The van der Waals surface area contributed by atoms with Crippen LogP contribution in [0.4, 0.5) is 0 Å². The highest BCUT2D eigenvalue weighted by Gasteiger charge is 2.35. The normalized spacial score (nSPS) is 19.5. The summed E-state index contributed by atoms with van der Waals surface area (Å²) in [6.45, 7) is 4.37. The van der Waals surface area contributed by atoms with Crippen LogP contribution in [0, 0.1) is 13.8 Å². The topological polar surface area (TPSA) is 96.2 Å². The number of H-pyrrole nitrogens is 1. The molecule has 0 aromatic carbocycles. The Morgan fingerprint density at radius 2 is 2.08 bits per heavy atom. The van der Waals surface area contributed by atoms with Crippen LogP contribution in [0.3, 0.4) is 0 Å². The van der Waals surface area contributed by atoms with Crippen LogP contribution < -0.4 is 0 Å². The summed E-state index contributed by atoms with van der Waals surface area (Å²) in [6.07, 6.45) is 3.61. The average Bonchev–Trinajstić information content (AvgIpc) is 3.18. The summed E-state index contributed by atoms with van der Waals surface area (Å²) in [7, 11) is -3.58. The Bertz CT molecular complexity index is 1000. The number of piperidine rings is 1. The van der Waals surface area contributed by atoms with Crippen molar-refractivity contribution in [2.45, 2.75) is 37.5 Å². The maximum absolute atomic E-state index is 13.1. The molecular formula is C16H20N6O2S. The Morgan fingerprint density at radius 1 is 1.24 bits per heavy atom. The van der Waals surface area contributed by atoms with Gasteiger partial charge in [0.25, 0.3) is 0 Å². The van der Waals surface area contributed by atoms with Crippen LogP contribution in [0.5, 0.6) is 0 Å². The highest BCUT2D eigenvalue weighted by atomic mass is 32.2. The fourth-order valence-corrected chi connectivity index (χ4v) is 5.41. The van der Waals surface area contributed by atoms with E-state index in [0.717, 1.165) is 24.3 Å². The van der Waals surface area contributed by atoms with Gasteiger partial charge in [-0.2, -0.15) is 9.40 Å². The van der Waals surface area contributed by atoms with Gasteiger partial charge in [-0.1, -0.05) is 6.07 Å². The van der Waals surface area contributed by atoms with Gasteiger partial charge in [-0.05, 0) is 38.8 Å². The molecule has 1 N–H and O–H groups in total. The summed E-state index contributed by atoms with van der Waals surface area (Å²) in [5.41, 5.74) is 1.86. The molecule has 25 heavy (non-hydrogen) atoms. The fourth-order valence-electron chi connectivity index (χ4n) is 3.56. The van der Waals surface area contributed by atoms with Crippen molar-refractivity contribution in [2.24, 2.45) is 0 Å². The molecule has 0 amide bonds. The SMILES string of the molecule is Cc1n[nH]c(C)c1S(=O)(=O)N1CCCC(c2nnc3ccccn23)C1. The van der Waals surface area contributed by atoms with Crippen LogP contribution in [0.2, 0.25) is 0 Å². The van der Waals surface area contributed by atoms with Crippen molar-refractivity contribution in [3.8, 4) is 0 Å². The molecule has 132 valence electrons. The Kier molecular flexibility index (Phi) is 3.84. The second-order valence-electron chi connectivity index (χ2n) is 6.45. The quantitative estimate of drug-likeness (QED) is 0.766. The average molecular weight is 360 g/mol. The highest BCUT2D eigenvalue weighted by Crippen LogP contribution is 2.31. The minimum Gasteiger partial charge on any atom is -0.286 e. The van der Waals surface area contributed by atoms with Gasteiger partial charge >= 0.3 is 0 Å². The molecule has 4 rings (SSSR count). The molecule has 1 aliphatic heterocycles. The van der Waals surface area contributed by atoms with E-state index >= 15 is 0 Å². The first-order valence-electron chi connectivity index (χ1n) is 8.30. The van der Waals surface area contributed by atoms with Gasteiger partial charge in [0.2, 0.25) is 10.0 Å². The van der Waals surface area contributed by atoms with Crippen LogP contribution in [0.15, 0.2) is 29.3 Å². The Labute approximate surface area is 145 Å². The van der Waals surface area contributed by atoms with Gasteiger partial charge in [0.05, 0.1) is 11.4 Å². The summed E-state index contributed by atoms with van der Waals surface area (Å²) >= 11 is 0. The van der Waals surface area contributed by atoms with E-state index in [1.165, 1.54) is 0 Å². The number of rotatable bonds is 3. The predicted molar refractivity (Wildman–Crippen MR) is 91.8 cm³/mol. The van der Waals surface area contributed by atoms with Crippen molar-refractivity contribution in [1.29, 1.82) is 0 Å². The lowest BCUT2D eigenvalue weighted by Crippen LogP contribution is -2.39. The van der Waals surface area contributed by atoms with E-state index in [1.807, 2.05) is 28.8 Å². The Hall–Kier alpha value is -2.26. The monoisotopic (exact) mass is 360 g/mol. The van der Waals surface area contributed by atoms with Crippen molar-refractivity contribution in [3.63, 3.8) is 0 Å². The number of hydrogen-bond donors (Lipinski definition) is 1. The first-order chi connectivity index (χ1) is 12.0. The minimum atomic E-state index is -3.58. The summed E-state index contributed by atoms with van der Waals surface area (Å²) in [4.78, 5) is 0.291. The van der Waals surface area contributed by atoms with Crippen LogP contribution >= 0.6 is 0 Å². The standard InChI is InChI=1S/C16H20N6O2S/c1-11-15(12(2)18-17-11)25(23,24)21-8-5-6-13(10-21)16-20-19-14-7-3-4-9-22(14)16/h3-4,7,9,13H,5-6,8,10H2,1-2H3,(H,17,18). The molecule has 3 aromatic heterocycles. The molecule has 8 nitrogen and oxygen atoms in total. The van der Waals surface area contributed by atoms with E-state index in [1.54, 1.807) is 18.2 Å². The molecule has 1 unspecified atom stereocenters. The zero-order valence-corrected chi connectivity index (χ0v) is 15.0. The van der Waals surface area contributed by atoms with Crippen LogP contribution in [0.25, 0.3) is 5.65 Å². The zero-order valence-electron chi connectivity index (χ0n) is 14.2. The van der Waals surface area contributed by atoms with Gasteiger partial charge in [-0.3, -0.25) is 9.50 Å².